The summed E-state index contributed by atoms with van der Waals surface area (Å²) in [7, 11) is 1.66. The Balaban J connectivity index is 3.19. The lowest BCUT2D eigenvalue weighted by atomic mass is 9.75. The molecule has 0 atom stereocenters. The smallest absolute Gasteiger partial charge is 0.164 e. The Morgan fingerprint density at radius 1 is 1.43 bits per heavy atom. The maximum Gasteiger partial charge on any atom is 0.164 e. The number of hydrogen-bond acceptors (Lipinski definition) is 3. The third kappa shape index (κ3) is 2.03. The van der Waals surface area contributed by atoms with Crippen LogP contribution in [-0.4, -0.2) is 23.6 Å². The molecule has 0 radical (unpaired) electrons. The summed E-state index contributed by atoms with van der Waals surface area (Å²) < 4.78 is 0. The van der Waals surface area contributed by atoms with Gasteiger partial charge in [-0.15, -0.1) is 0 Å². The number of carbonyl (C=O) groups excluding carboxylic acids is 1. The molecule has 0 heterocycles. The first-order chi connectivity index (χ1) is 6.37. The highest BCUT2D eigenvalue weighted by Crippen LogP contribution is 2.36. The molecule has 3 nitrogen and oxygen atoms in total. The fourth-order valence-electron chi connectivity index (χ4n) is 1.91. The summed E-state index contributed by atoms with van der Waals surface area (Å²) in [5.41, 5.74) is 1.15. The van der Waals surface area contributed by atoms with E-state index in [2.05, 4.69) is 18.8 Å². The predicted molar refractivity (Wildman–Crippen MR) is 56.7 cm³/mol. The molecule has 0 bridgehead atoms. The number of nitrogens with zero attached hydrogens (tertiary/aromatic N) is 1. The summed E-state index contributed by atoms with van der Waals surface area (Å²) in [5, 5.41) is 9.75. The lowest BCUT2D eigenvalue weighted by Gasteiger charge is -2.30. The molecular formula is C11H17NO2. The Kier molecular flexibility index (Phi) is 2.79. The van der Waals surface area contributed by atoms with Crippen LogP contribution in [0.2, 0.25) is 0 Å². The van der Waals surface area contributed by atoms with E-state index in [0.29, 0.717) is 12.0 Å². The molecule has 0 aliphatic heterocycles. The zero-order valence-corrected chi connectivity index (χ0v) is 9.22. The molecule has 78 valence electrons. The third-order valence-corrected chi connectivity index (χ3v) is 2.49. The zero-order chi connectivity index (χ0) is 10.9. The van der Waals surface area contributed by atoms with Crippen molar-refractivity contribution in [1.29, 1.82) is 0 Å². The van der Waals surface area contributed by atoms with Crippen LogP contribution in [0.4, 0.5) is 0 Å². The summed E-state index contributed by atoms with van der Waals surface area (Å²) >= 11 is 0. The molecule has 0 spiro atoms. The van der Waals surface area contributed by atoms with Gasteiger partial charge < -0.3 is 5.11 Å². The van der Waals surface area contributed by atoms with Gasteiger partial charge in [0.2, 0.25) is 0 Å². The van der Waals surface area contributed by atoms with Crippen LogP contribution in [0.15, 0.2) is 16.3 Å². The van der Waals surface area contributed by atoms with Crippen LogP contribution >= 0.6 is 0 Å². The number of allylic oxidation sites excluding steroid dienone is 2. The van der Waals surface area contributed by atoms with Crippen LogP contribution in [0, 0.1) is 5.41 Å². The van der Waals surface area contributed by atoms with Crippen LogP contribution in [0.25, 0.3) is 0 Å². The SMILES string of the molecule is CN=C1CC(C)(C)CC(O)=C1C(C)=O. The molecule has 0 aromatic heterocycles. The van der Waals surface area contributed by atoms with Gasteiger partial charge in [-0.05, 0) is 18.8 Å². The van der Waals surface area contributed by atoms with E-state index in [0.717, 1.165) is 12.1 Å². The summed E-state index contributed by atoms with van der Waals surface area (Å²) in [5.74, 6) is 0.0907. The van der Waals surface area contributed by atoms with Crippen LogP contribution < -0.4 is 0 Å². The second-order valence-corrected chi connectivity index (χ2v) is 4.57. The van der Waals surface area contributed by atoms with Gasteiger partial charge in [0, 0.05) is 19.2 Å². The number of Topliss-reactive ketones (excluding diaryl/α,β-unsaturated/α-hetero) is 1. The Hall–Kier alpha value is -1.12. The molecule has 0 fully saturated rings. The first-order valence-electron chi connectivity index (χ1n) is 4.76. The molecule has 3 heteroatoms. The molecule has 1 rings (SSSR count). The highest BCUT2D eigenvalue weighted by molar-refractivity contribution is 6.22. The normalized spacial score (nSPS) is 24.1. The van der Waals surface area contributed by atoms with Gasteiger partial charge in [-0.2, -0.15) is 0 Å². The summed E-state index contributed by atoms with van der Waals surface area (Å²) in [6.45, 7) is 5.59. The van der Waals surface area contributed by atoms with E-state index < -0.39 is 0 Å². The van der Waals surface area contributed by atoms with Gasteiger partial charge in [-0.3, -0.25) is 9.79 Å². The van der Waals surface area contributed by atoms with Crippen LogP contribution in [0.1, 0.15) is 33.6 Å². The molecular weight excluding hydrogens is 178 g/mol. The van der Waals surface area contributed by atoms with Crippen molar-refractivity contribution in [2.75, 3.05) is 7.05 Å². The number of carbonyl (C=O) groups is 1. The quantitative estimate of drug-likeness (QED) is 0.697. The topological polar surface area (TPSA) is 49.7 Å². The van der Waals surface area contributed by atoms with Gasteiger partial charge in [-0.1, -0.05) is 13.8 Å². The average Bonchev–Trinajstić information content (AvgIpc) is 1.99. The summed E-state index contributed by atoms with van der Waals surface area (Å²) in [6, 6.07) is 0. The second kappa shape index (κ2) is 3.56. The fourth-order valence-corrected chi connectivity index (χ4v) is 1.91. The lowest BCUT2D eigenvalue weighted by molar-refractivity contribution is -0.113. The molecule has 1 aliphatic rings. The minimum absolute atomic E-state index is 0.00211. The Bertz CT molecular complexity index is 324. The number of hydrogen-bond donors (Lipinski definition) is 1. The second-order valence-electron chi connectivity index (χ2n) is 4.57. The van der Waals surface area contributed by atoms with Crippen molar-refractivity contribution in [1.82, 2.24) is 0 Å². The first-order valence-corrected chi connectivity index (χ1v) is 4.76. The fraction of sp³-hybridized carbons (Fsp3) is 0.636. The van der Waals surface area contributed by atoms with Crippen LogP contribution in [0.5, 0.6) is 0 Å². The minimum Gasteiger partial charge on any atom is -0.511 e. The number of rotatable bonds is 1. The number of aliphatic imine (C=N–C) groups is 1. The van der Waals surface area contributed by atoms with Gasteiger partial charge in [0.15, 0.2) is 5.78 Å². The van der Waals surface area contributed by atoms with E-state index in [4.69, 9.17) is 0 Å². The third-order valence-electron chi connectivity index (χ3n) is 2.49. The van der Waals surface area contributed by atoms with Gasteiger partial charge in [0.25, 0.3) is 0 Å². The molecule has 0 unspecified atom stereocenters. The lowest BCUT2D eigenvalue weighted by Crippen LogP contribution is -2.28. The Labute approximate surface area is 84.5 Å². The summed E-state index contributed by atoms with van der Waals surface area (Å²) in [6.07, 6.45) is 1.31. The van der Waals surface area contributed by atoms with Crippen molar-refractivity contribution < 1.29 is 9.90 Å². The van der Waals surface area contributed by atoms with E-state index in [9.17, 15) is 9.90 Å². The van der Waals surface area contributed by atoms with E-state index in [1.165, 1.54) is 6.92 Å². The van der Waals surface area contributed by atoms with Crippen molar-refractivity contribution in [3.05, 3.63) is 11.3 Å². The highest BCUT2D eigenvalue weighted by Gasteiger charge is 2.32. The molecule has 1 aliphatic carbocycles. The van der Waals surface area contributed by atoms with Crippen LogP contribution in [-0.2, 0) is 4.79 Å². The van der Waals surface area contributed by atoms with E-state index >= 15 is 0 Å². The van der Waals surface area contributed by atoms with Crippen molar-refractivity contribution in [2.45, 2.75) is 33.6 Å². The van der Waals surface area contributed by atoms with Crippen molar-refractivity contribution in [2.24, 2.45) is 10.4 Å². The molecule has 1 N–H and O–H groups in total. The van der Waals surface area contributed by atoms with Crippen molar-refractivity contribution in [3.8, 4) is 0 Å². The standard InChI is InChI=1S/C11H17NO2/c1-7(13)10-8(12-4)5-11(2,3)6-9(10)14/h14H,5-6H2,1-4H3. The Morgan fingerprint density at radius 3 is 2.43 bits per heavy atom. The maximum atomic E-state index is 11.3. The maximum absolute atomic E-state index is 11.3. The number of aliphatic hydroxyl groups excluding tert-OH is 1. The monoisotopic (exact) mass is 195 g/mol. The van der Waals surface area contributed by atoms with E-state index in [1.54, 1.807) is 7.05 Å². The highest BCUT2D eigenvalue weighted by atomic mass is 16.3. The zero-order valence-electron chi connectivity index (χ0n) is 9.22. The molecule has 0 saturated heterocycles. The molecule has 0 saturated carbocycles. The Morgan fingerprint density at radius 2 is 2.00 bits per heavy atom. The largest absolute Gasteiger partial charge is 0.511 e. The van der Waals surface area contributed by atoms with Crippen molar-refractivity contribution in [3.63, 3.8) is 0 Å². The van der Waals surface area contributed by atoms with E-state index in [-0.39, 0.29) is 17.0 Å². The van der Waals surface area contributed by atoms with Crippen LogP contribution in [0.3, 0.4) is 0 Å². The average molecular weight is 195 g/mol. The molecule has 0 aromatic rings. The molecule has 0 aromatic carbocycles. The minimum atomic E-state index is -0.0985. The van der Waals surface area contributed by atoms with E-state index in [1.807, 2.05) is 0 Å². The summed E-state index contributed by atoms with van der Waals surface area (Å²) in [4.78, 5) is 15.4. The van der Waals surface area contributed by atoms with Gasteiger partial charge in [-0.25, -0.2) is 0 Å². The molecule has 14 heavy (non-hydrogen) atoms. The van der Waals surface area contributed by atoms with Gasteiger partial charge >= 0.3 is 0 Å². The van der Waals surface area contributed by atoms with Gasteiger partial charge in [0.05, 0.1) is 5.57 Å². The predicted octanol–water partition coefficient (Wildman–Crippen LogP) is 2.28. The van der Waals surface area contributed by atoms with Gasteiger partial charge in [0.1, 0.15) is 5.76 Å². The number of aliphatic hydroxyl groups is 1. The first kappa shape index (κ1) is 11.0. The number of ketones is 1. The van der Waals surface area contributed by atoms with Crippen molar-refractivity contribution >= 4 is 11.5 Å². The molecule has 0 amide bonds.